The lowest BCUT2D eigenvalue weighted by atomic mass is 9.82. The zero-order valence-electron chi connectivity index (χ0n) is 29.7. The number of nitrogens with zero attached hydrogens (tertiary/aromatic N) is 2. The number of thiophene rings is 1. The average Bonchev–Trinajstić information content (AvgIpc) is 3.83. The van der Waals surface area contributed by atoms with Crippen LogP contribution in [0.3, 0.4) is 0 Å². The summed E-state index contributed by atoms with van der Waals surface area (Å²) in [6.45, 7) is 0. The van der Waals surface area contributed by atoms with Crippen molar-refractivity contribution in [3.63, 3.8) is 0 Å². The molecule has 0 bridgehead atoms. The summed E-state index contributed by atoms with van der Waals surface area (Å²) < 4.78 is 6.28. The largest absolute Gasteiger partial charge is 0.436 e. The lowest BCUT2D eigenvalue weighted by molar-refractivity contribution is 0.646. The van der Waals surface area contributed by atoms with Crippen LogP contribution in [0, 0.1) is 0 Å². The zero-order chi connectivity index (χ0) is 35.6. The highest BCUT2D eigenvalue weighted by Crippen LogP contribution is 2.50. The molecule has 3 unspecified atom stereocenters. The van der Waals surface area contributed by atoms with E-state index in [1.165, 1.54) is 59.7 Å². The standard InChI is InChI=1S/C50H36N2OS/c1-2-11-31(12-3-1)33-14-6-17-36(27-33)40-21-9-23-42-43-24-10-22-41(49(43)54-48(40)42)37-18-7-15-34(28-37)35-16-8-19-38(29-35)44-30-51-47-46-39-20-5-4-13-32(39)25-26-45(46)53-50(47)52-44/h1-20,23-28,30,38,40-41H,21-22,29H2. The molecule has 0 fully saturated rings. The topological polar surface area (TPSA) is 38.9 Å². The van der Waals surface area contributed by atoms with Crippen molar-refractivity contribution in [3.05, 3.63) is 195 Å². The monoisotopic (exact) mass is 712 g/mol. The number of furan rings is 1. The molecule has 0 saturated heterocycles. The second kappa shape index (κ2) is 12.8. The van der Waals surface area contributed by atoms with E-state index in [0.717, 1.165) is 46.8 Å². The number of allylic oxidation sites excluding steroid dienone is 6. The van der Waals surface area contributed by atoms with Crippen LogP contribution in [0.15, 0.2) is 156 Å². The quantitative estimate of drug-likeness (QED) is 0.178. The van der Waals surface area contributed by atoms with Crippen molar-refractivity contribution in [3.8, 4) is 11.1 Å². The highest BCUT2D eigenvalue weighted by Gasteiger charge is 2.31. The molecule has 0 radical (unpaired) electrons. The van der Waals surface area contributed by atoms with Gasteiger partial charge in [-0.3, -0.25) is 0 Å². The molecular weight excluding hydrogens is 677 g/mol. The second-order valence-electron chi connectivity index (χ2n) is 14.8. The van der Waals surface area contributed by atoms with Gasteiger partial charge in [0.15, 0.2) is 0 Å². The first-order chi connectivity index (χ1) is 26.7. The molecule has 3 atom stereocenters. The number of hydrogen-bond donors (Lipinski definition) is 0. The van der Waals surface area contributed by atoms with Crippen molar-refractivity contribution in [2.24, 2.45) is 0 Å². The van der Waals surface area contributed by atoms with Gasteiger partial charge in [-0.1, -0.05) is 152 Å². The minimum atomic E-state index is 0.118. The Morgan fingerprint density at radius 3 is 2.17 bits per heavy atom. The Kier molecular flexibility index (Phi) is 7.44. The summed E-state index contributed by atoms with van der Waals surface area (Å²) in [7, 11) is 0. The fourth-order valence-corrected chi connectivity index (χ4v) is 10.5. The third kappa shape index (κ3) is 5.24. The Morgan fingerprint density at radius 2 is 1.37 bits per heavy atom. The molecule has 8 aromatic rings. The van der Waals surface area contributed by atoms with Crippen LogP contribution >= 0.6 is 11.3 Å². The van der Waals surface area contributed by atoms with E-state index in [2.05, 4.69) is 152 Å². The second-order valence-corrected chi connectivity index (χ2v) is 15.8. The van der Waals surface area contributed by atoms with Crippen LogP contribution in [0.1, 0.15) is 80.3 Å². The van der Waals surface area contributed by atoms with Crippen molar-refractivity contribution >= 4 is 62.0 Å². The van der Waals surface area contributed by atoms with Gasteiger partial charge >= 0.3 is 0 Å². The molecule has 0 aliphatic heterocycles. The summed E-state index contributed by atoms with van der Waals surface area (Å²) in [5.41, 5.74) is 13.9. The highest BCUT2D eigenvalue weighted by atomic mass is 32.1. The molecule has 0 amide bonds. The SMILES string of the molecule is C1=CC(c2cnc3c(n2)oc2ccc4ccccc4c23)CC(c2cccc(C3CC=Cc4c3sc3c4C=CCC3c3cccc(-c4ccccc4)c3)c2)=C1. The summed E-state index contributed by atoms with van der Waals surface area (Å²) >= 11 is 2.03. The van der Waals surface area contributed by atoms with Gasteiger partial charge in [0.1, 0.15) is 11.1 Å². The third-order valence-electron chi connectivity index (χ3n) is 11.6. The van der Waals surface area contributed by atoms with Gasteiger partial charge in [0.25, 0.3) is 0 Å². The first kappa shape index (κ1) is 31.4. The van der Waals surface area contributed by atoms with Crippen LogP contribution < -0.4 is 0 Å². The van der Waals surface area contributed by atoms with Crippen LogP contribution in [0.2, 0.25) is 0 Å². The summed E-state index contributed by atoms with van der Waals surface area (Å²) in [6, 6.07) is 41.7. The van der Waals surface area contributed by atoms with Gasteiger partial charge in [0, 0.05) is 27.5 Å². The Bertz CT molecular complexity index is 2890. The van der Waals surface area contributed by atoms with Gasteiger partial charge in [-0.15, -0.1) is 11.3 Å². The maximum absolute atomic E-state index is 6.28. The van der Waals surface area contributed by atoms with Crippen LogP contribution in [0.25, 0.3) is 61.8 Å². The summed E-state index contributed by atoms with van der Waals surface area (Å²) in [5, 5.41) is 3.36. The van der Waals surface area contributed by atoms with Gasteiger partial charge < -0.3 is 4.42 Å². The molecule has 3 aliphatic carbocycles. The predicted octanol–water partition coefficient (Wildman–Crippen LogP) is 13.5. The molecule has 3 heterocycles. The fourth-order valence-electron chi connectivity index (χ4n) is 8.90. The normalized spacial score (nSPS) is 19.0. The number of fused-ring (bicyclic) bond motifs is 8. The average molecular weight is 713 g/mol. The maximum Gasteiger partial charge on any atom is 0.246 e. The van der Waals surface area contributed by atoms with E-state index < -0.39 is 0 Å². The molecule has 4 heteroatoms. The van der Waals surface area contributed by atoms with Crippen LogP contribution in [-0.4, -0.2) is 9.97 Å². The molecule has 3 aliphatic rings. The predicted molar refractivity (Wildman–Crippen MR) is 225 cm³/mol. The first-order valence-electron chi connectivity index (χ1n) is 18.9. The van der Waals surface area contributed by atoms with Gasteiger partial charge in [-0.25, -0.2) is 9.97 Å². The Morgan fingerprint density at radius 1 is 0.667 bits per heavy atom. The Labute approximate surface area is 318 Å². The van der Waals surface area contributed by atoms with Crippen molar-refractivity contribution in [1.82, 2.24) is 9.97 Å². The van der Waals surface area contributed by atoms with Gasteiger partial charge in [-0.05, 0) is 80.6 Å². The number of hydrogen-bond acceptors (Lipinski definition) is 4. The molecule has 3 nitrogen and oxygen atoms in total. The molecule has 0 saturated carbocycles. The number of benzene rings is 5. The van der Waals surface area contributed by atoms with Crippen molar-refractivity contribution in [2.75, 3.05) is 0 Å². The van der Waals surface area contributed by atoms with Gasteiger partial charge in [0.05, 0.1) is 17.3 Å². The lowest BCUT2D eigenvalue weighted by Gasteiger charge is -2.22. The van der Waals surface area contributed by atoms with Crippen molar-refractivity contribution in [2.45, 2.75) is 37.0 Å². The Hall–Kier alpha value is -6.10. The number of rotatable bonds is 5. The molecule has 3 aromatic heterocycles. The molecule has 258 valence electrons. The molecule has 0 spiro atoms. The highest BCUT2D eigenvalue weighted by molar-refractivity contribution is 7.12. The molecule has 11 rings (SSSR count). The lowest BCUT2D eigenvalue weighted by Crippen LogP contribution is -2.06. The fraction of sp³-hybridized carbons (Fsp3) is 0.120. The number of aromatic nitrogens is 2. The van der Waals surface area contributed by atoms with E-state index in [4.69, 9.17) is 14.4 Å². The molecular formula is C50H36N2OS. The zero-order valence-corrected chi connectivity index (χ0v) is 30.5. The van der Waals surface area contributed by atoms with E-state index in [0.29, 0.717) is 17.5 Å². The van der Waals surface area contributed by atoms with E-state index in [1.54, 1.807) is 0 Å². The van der Waals surface area contributed by atoms with E-state index >= 15 is 0 Å². The van der Waals surface area contributed by atoms with Crippen LogP contribution in [-0.2, 0) is 0 Å². The van der Waals surface area contributed by atoms with Gasteiger partial charge in [0.2, 0.25) is 5.71 Å². The maximum atomic E-state index is 6.28. The van der Waals surface area contributed by atoms with Crippen LogP contribution in [0.4, 0.5) is 0 Å². The third-order valence-corrected chi connectivity index (χ3v) is 13.0. The van der Waals surface area contributed by atoms with E-state index in [1.807, 2.05) is 23.6 Å². The molecule has 54 heavy (non-hydrogen) atoms. The van der Waals surface area contributed by atoms with Crippen molar-refractivity contribution in [1.29, 1.82) is 0 Å². The van der Waals surface area contributed by atoms with E-state index in [9.17, 15) is 0 Å². The minimum Gasteiger partial charge on any atom is -0.436 e. The molecule has 5 aromatic carbocycles. The molecule has 0 N–H and O–H groups in total. The minimum absolute atomic E-state index is 0.118. The summed E-state index contributed by atoms with van der Waals surface area (Å²) in [6.07, 6.45) is 21.1. The summed E-state index contributed by atoms with van der Waals surface area (Å²) in [4.78, 5) is 13.0. The smallest absolute Gasteiger partial charge is 0.246 e. The first-order valence-corrected chi connectivity index (χ1v) is 19.8. The van der Waals surface area contributed by atoms with Crippen molar-refractivity contribution < 1.29 is 4.42 Å². The van der Waals surface area contributed by atoms with Crippen LogP contribution in [0.5, 0.6) is 0 Å². The van der Waals surface area contributed by atoms with E-state index in [-0.39, 0.29) is 5.92 Å². The Balaban J connectivity index is 0.886. The van der Waals surface area contributed by atoms with Gasteiger partial charge in [-0.2, -0.15) is 0 Å². The summed E-state index contributed by atoms with van der Waals surface area (Å²) in [5.74, 6) is 0.813.